The van der Waals surface area contributed by atoms with Crippen LogP contribution in [0.4, 0.5) is 5.69 Å². The molecule has 0 saturated carbocycles. The number of nitrogens with zero attached hydrogens (tertiary/aromatic N) is 2. The molecule has 3 aromatic rings. The number of aromatic carboxylic acids is 1. The lowest BCUT2D eigenvalue weighted by molar-refractivity contribution is 0.0697. The maximum absolute atomic E-state index is 12.1. The largest absolute Gasteiger partial charge is 0.478 e. The summed E-state index contributed by atoms with van der Waals surface area (Å²) in [5.41, 5.74) is 6.21. The zero-order valence-corrected chi connectivity index (χ0v) is 16.4. The summed E-state index contributed by atoms with van der Waals surface area (Å²) in [5, 5.41) is 10.7. The molecule has 4 heteroatoms. The summed E-state index contributed by atoms with van der Waals surface area (Å²) in [6.45, 7) is 2.17. The first-order valence-corrected chi connectivity index (χ1v) is 9.57. The molecular formula is C24H24N2O2. The number of anilines is 1. The van der Waals surface area contributed by atoms with Crippen molar-refractivity contribution in [1.82, 2.24) is 4.98 Å². The van der Waals surface area contributed by atoms with E-state index in [2.05, 4.69) is 42.2 Å². The van der Waals surface area contributed by atoms with Gasteiger partial charge in [0.2, 0.25) is 0 Å². The highest BCUT2D eigenvalue weighted by molar-refractivity contribution is 6.05. The number of para-hydroxylation sites is 1. The van der Waals surface area contributed by atoms with Gasteiger partial charge in [-0.05, 0) is 59.7 Å². The summed E-state index contributed by atoms with van der Waals surface area (Å²) in [6.07, 6.45) is 3.79. The zero-order chi connectivity index (χ0) is 19.8. The number of aromatic nitrogens is 1. The van der Waals surface area contributed by atoms with Gasteiger partial charge < -0.3 is 10.0 Å². The van der Waals surface area contributed by atoms with Gasteiger partial charge >= 0.3 is 5.97 Å². The standard InChI is InChI=1S/C24H24N2O2/c1-15-12-17(14-16-8-10-18(11-9-16)26(2)3)23-20(13-15)22(24(27)28)19-6-4-5-7-21(19)25-23/h4-11,14-15H,12-13H2,1-3H3,(H,27,28)/b17-14+. The molecular weight excluding hydrogens is 348 g/mol. The average molecular weight is 372 g/mol. The molecule has 1 atom stereocenters. The third-order valence-electron chi connectivity index (χ3n) is 5.38. The van der Waals surface area contributed by atoms with Gasteiger partial charge in [0.15, 0.2) is 0 Å². The van der Waals surface area contributed by atoms with Crippen molar-refractivity contribution in [3.63, 3.8) is 0 Å². The number of allylic oxidation sites excluding steroid dienone is 1. The molecule has 0 fully saturated rings. The van der Waals surface area contributed by atoms with E-state index in [1.807, 2.05) is 38.4 Å². The van der Waals surface area contributed by atoms with Crippen molar-refractivity contribution < 1.29 is 9.90 Å². The molecule has 4 rings (SSSR count). The SMILES string of the molecule is CC1C/C(=C\c2ccc(N(C)C)cc2)c2nc3ccccc3c(C(=O)O)c2C1. The number of hydrogen-bond donors (Lipinski definition) is 1. The normalized spacial score (nSPS) is 17.5. The number of carboxylic acids is 1. The van der Waals surface area contributed by atoms with Crippen LogP contribution < -0.4 is 4.90 Å². The molecule has 0 amide bonds. The molecule has 0 radical (unpaired) electrons. The predicted molar refractivity (Wildman–Crippen MR) is 115 cm³/mol. The van der Waals surface area contributed by atoms with Crippen molar-refractivity contribution in [2.45, 2.75) is 19.8 Å². The Labute approximate surface area is 165 Å². The number of fused-ring (bicyclic) bond motifs is 2. The molecule has 1 unspecified atom stereocenters. The average Bonchev–Trinajstić information content (AvgIpc) is 2.66. The van der Waals surface area contributed by atoms with E-state index in [0.717, 1.165) is 51.8 Å². The van der Waals surface area contributed by atoms with Gasteiger partial charge in [-0.2, -0.15) is 0 Å². The summed E-state index contributed by atoms with van der Waals surface area (Å²) in [6, 6.07) is 15.9. The maximum atomic E-state index is 12.1. The van der Waals surface area contributed by atoms with E-state index in [1.165, 1.54) is 0 Å². The first kappa shape index (κ1) is 18.2. The van der Waals surface area contributed by atoms with Gasteiger partial charge in [-0.3, -0.25) is 0 Å². The van der Waals surface area contributed by atoms with Crippen molar-refractivity contribution in [1.29, 1.82) is 0 Å². The van der Waals surface area contributed by atoms with Gasteiger partial charge in [0, 0.05) is 25.2 Å². The number of pyridine rings is 1. The summed E-state index contributed by atoms with van der Waals surface area (Å²) in [7, 11) is 4.05. The Bertz CT molecular complexity index is 1080. The molecule has 142 valence electrons. The van der Waals surface area contributed by atoms with Crippen molar-refractivity contribution in [3.05, 3.63) is 70.9 Å². The van der Waals surface area contributed by atoms with E-state index in [-0.39, 0.29) is 0 Å². The van der Waals surface area contributed by atoms with E-state index < -0.39 is 5.97 Å². The number of carbonyl (C=O) groups is 1. The van der Waals surface area contributed by atoms with Gasteiger partial charge in [0.05, 0.1) is 16.8 Å². The fraction of sp³-hybridized carbons (Fsp3) is 0.250. The van der Waals surface area contributed by atoms with Gasteiger partial charge in [0.1, 0.15) is 0 Å². The Morgan fingerprint density at radius 2 is 1.82 bits per heavy atom. The lowest BCUT2D eigenvalue weighted by Gasteiger charge is -2.26. The molecule has 1 heterocycles. The second-order valence-corrected chi connectivity index (χ2v) is 7.81. The summed E-state index contributed by atoms with van der Waals surface area (Å²) in [4.78, 5) is 19.1. The zero-order valence-electron chi connectivity index (χ0n) is 16.4. The van der Waals surface area contributed by atoms with E-state index >= 15 is 0 Å². The molecule has 0 bridgehead atoms. The van der Waals surface area contributed by atoms with Crippen LogP contribution in [0.5, 0.6) is 0 Å². The molecule has 1 N–H and O–H groups in total. The van der Waals surface area contributed by atoms with Gasteiger partial charge in [-0.15, -0.1) is 0 Å². The van der Waals surface area contributed by atoms with Crippen LogP contribution in [0.3, 0.4) is 0 Å². The molecule has 2 aromatic carbocycles. The molecule has 1 aromatic heterocycles. The number of benzene rings is 2. The lowest BCUT2D eigenvalue weighted by Crippen LogP contribution is -2.17. The molecule has 0 saturated heterocycles. The molecule has 4 nitrogen and oxygen atoms in total. The van der Waals surface area contributed by atoms with Crippen LogP contribution in [0.2, 0.25) is 0 Å². The molecule has 1 aliphatic carbocycles. The van der Waals surface area contributed by atoms with Crippen LogP contribution in [0, 0.1) is 5.92 Å². The van der Waals surface area contributed by atoms with Crippen LogP contribution in [-0.2, 0) is 6.42 Å². The summed E-state index contributed by atoms with van der Waals surface area (Å²) < 4.78 is 0. The van der Waals surface area contributed by atoms with Crippen molar-refractivity contribution in [2.24, 2.45) is 5.92 Å². The fourth-order valence-electron chi connectivity index (χ4n) is 4.05. The van der Waals surface area contributed by atoms with Crippen molar-refractivity contribution in [3.8, 4) is 0 Å². The predicted octanol–water partition coefficient (Wildman–Crippen LogP) is 5.12. The molecule has 0 aliphatic heterocycles. The first-order valence-electron chi connectivity index (χ1n) is 9.57. The Morgan fingerprint density at radius 1 is 1.11 bits per heavy atom. The molecule has 1 aliphatic rings. The van der Waals surface area contributed by atoms with Crippen LogP contribution in [0.15, 0.2) is 48.5 Å². The Balaban J connectivity index is 1.90. The van der Waals surface area contributed by atoms with E-state index in [4.69, 9.17) is 4.98 Å². The van der Waals surface area contributed by atoms with Crippen LogP contribution in [0.1, 0.15) is 40.5 Å². The highest BCUT2D eigenvalue weighted by Gasteiger charge is 2.27. The van der Waals surface area contributed by atoms with E-state index in [0.29, 0.717) is 11.5 Å². The third kappa shape index (κ3) is 3.26. The third-order valence-corrected chi connectivity index (χ3v) is 5.38. The first-order chi connectivity index (χ1) is 13.4. The van der Waals surface area contributed by atoms with Gasteiger partial charge in [-0.25, -0.2) is 9.78 Å². The second-order valence-electron chi connectivity index (χ2n) is 7.81. The van der Waals surface area contributed by atoms with Crippen LogP contribution in [0.25, 0.3) is 22.6 Å². The Kier molecular flexibility index (Phi) is 4.63. The number of hydrogen-bond acceptors (Lipinski definition) is 3. The van der Waals surface area contributed by atoms with Crippen molar-refractivity contribution in [2.75, 3.05) is 19.0 Å². The number of carboxylic acid groups (broad SMARTS) is 1. The second kappa shape index (κ2) is 7.12. The minimum absolute atomic E-state index is 0.376. The highest BCUT2D eigenvalue weighted by atomic mass is 16.4. The summed E-state index contributed by atoms with van der Waals surface area (Å²) >= 11 is 0. The van der Waals surface area contributed by atoms with Crippen molar-refractivity contribution >= 4 is 34.2 Å². The highest BCUT2D eigenvalue weighted by Crippen LogP contribution is 2.38. The van der Waals surface area contributed by atoms with Crippen LogP contribution >= 0.6 is 0 Å². The van der Waals surface area contributed by atoms with Gasteiger partial charge in [0.25, 0.3) is 0 Å². The summed E-state index contributed by atoms with van der Waals surface area (Å²) in [5.74, 6) is -0.500. The molecule has 28 heavy (non-hydrogen) atoms. The Morgan fingerprint density at radius 3 is 2.50 bits per heavy atom. The Hall–Kier alpha value is -3.14. The maximum Gasteiger partial charge on any atom is 0.336 e. The lowest BCUT2D eigenvalue weighted by atomic mass is 9.80. The fourth-order valence-corrected chi connectivity index (χ4v) is 4.05. The van der Waals surface area contributed by atoms with Crippen LogP contribution in [-0.4, -0.2) is 30.2 Å². The smallest absolute Gasteiger partial charge is 0.336 e. The molecule has 0 spiro atoms. The van der Waals surface area contributed by atoms with E-state index in [9.17, 15) is 9.90 Å². The minimum Gasteiger partial charge on any atom is -0.478 e. The van der Waals surface area contributed by atoms with Gasteiger partial charge in [-0.1, -0.05) is 37.3 Å². The number of rotatable bonds is 3. The topological polar surface area (TPSA) is 53.4 Å². The quantitative estimate of drug-likeness (QED) is 0.693. The van der Waals surface area contributed by atoms with E-state index in [1.54, 1.807) is 0 Å². The minimum atomic E-state index is -0.876. The monoisotopic (exact) mass is 372 g/mol.